The summed E-state index contributed by atoms with van der Waals surface area (Å²) in [4.78, 5) is 32.9. The zero-order chi connectivity index (χ0) is 28.9. The molecule has 0 aliphatic carbocycles. The minimum Gasteiger partial charge on any atom is -0.497 e. The molecule has 9 heteroatoms. The number of rotatable bonds is 8. The number of hydrogen-bond acceptors (Lipinski definition) is 7. The number of methoxy groups -OCH3 is 1. The van der Waals surface area contributed by atoms with Gasteiger partial charge in [-0.05, 0) is 64.3 Å². The normalized spacial score (nSPS) is 14.6. The van der Waals surface area contributed by atoms with E-state index in [2.05, 4.69) is 21.9 Å². The van der Waals surface area contributed by atoms with Crippen LogP contribution in [-0.4, -0.2) is 30.9 Å². The van der Waals surface area contributed by atoms with Gasteiger partial charge in [-0.15, -0.1) is 6.42 Å². The van der Waals surface area contributed by atoms with Crippen molar-refractivity contribution in [3.63, 3.8) is 0 Å². The van der Waals surface area contributed by atoms with E-state index in [9.17, 15) is 9.59 Å². The van der Waals surface area contributed by atoms with Crippen molar-refractivity contribution in [1.29, 1.82) is 0 Å². The first-order valence-corrected chi connectivity index (χ1v) is 14.3. The van der Waals surface area contributed by atoms with Crippen LogP contribution in [-0.2, 0) is 9.53 Å². The number of aromatic nitrogens is 1. The highest BCUT2D eigenvalue weighted by Crippen LogP contribution is 2.35. The number of carbonyl (C=O) groups excluding carboxylic acids is 1. The Morgan fingerprint density at radius 3 is 2.56 bits per heavy atom. The Kier molecular flexibility index (Phi) is 8.53. The number of hydrogen-bond donors (Lipinski definition) is 0. The van der Waals surface area contributed by atoms with E-state index in [4.69, 9.17) is 25.6 Å². The van der Waals surface area contributed by atoms with Gasteiger partial charge in [0.1, 0.15) is 18.1 Å². The standard InChI is InChI=1S/C32H25BrN2O5S/c1-4-17-40-25-16-11-20(18-24(25)33)19-26-30(36)35-29(22-12-14-23(38-3)15-13-22)27(31(37)39-5-2)28(34-32(35)41-26)21-9-7-6-8-10-21/h1,6-16,18-19,29H,5,17H2,2-3H3/b26-19-/t29-/m1/s1. The number of esters is 1. The number of nitrogens with zero attached hydrogens (tertiary/aromatic N) is 2. The van der Waals surface area contributed by atoms with Crippen molar-refractivity contribution < 1.29 is 19.0 Å². The van der Waals surface area contributed by atoms with Crippen molar-refractivity contribution in [3.05, 3.63) is 119 Å². The molecule has 41 heavy (non-hydrogen) atoms. The number of terminal acetylenes is 1. The van der Waals surface area contributed by atoms with Crippen molar-refractivity contribution in [1.82, 2.24) is 4.57 Å². The predicted molar refractivity (Wildman–Crippen MR) is 163 cm³/mol. The van der Waals surface area contributed by atoms with Crippen LogP contribution in [0.3, 0.4) is 0 Å². The van der Waals surface area contributed by atoms with Gasteiger partial charge in [0.2, 0.25) is 0 Å². The molecule has 0 saturated heterocycles. The smallest absolute Gasteiger partial charge is 0.338 e. The molecule has 0 amide bonds. The van der Waals surface area contributed by atoms with E-state index in [1.807, 2.05) is 54.6 Å². The molecule has 0 fully saturated rings. The third-order valence-corrected chi connectivity index (χ3v) is 7.97. The van der Waals surface area contributed by atoms with Crippen LogP contribution in [0.2, 0.25) is 0 Å². The van der Waals surface area contributed by atoms with Crippen molar-refractivity contribution >= 4 is 45.0 Å². The largest absolute Gasteiger partial charge is 0.497 e. The molecule has 1 aromatic heterocycles. The number of thiazole rings is 1. The monoisotopic (exact) mass is 628 g/mol. The van der Waals surface area contributed by atoms with Crippen molar-refractivity contribution in [3.8, 4) is 23.8 Å². The fourth-order valence-corrected chi connectivity index (χ4v) is 6.05. The second-order valence-electron chi connectivity index (χ2n) is 8.89. The van der Waals surface area contributed by atoms with Gasteiger partial charge in [-0.25, -0.2) is 9.79 Å². The summed E-state index contributed by atoms with van der Waals surface area (Å²) in [5.74, 6) is 3.18. The minimum atomic E-state index is -0.764. The minimum absolute atomic E-state index is 0.147. The van der Waals surface area contributed by atoms with Gasteiger partial charge in [-0.3, -0.25) is 9.36 Å². The first-order chi connectivity index (χ1) is 19.9. The number of halogens is 1. The summed E-state index contributed by atoms with van der Waals surface area (Å²) in [6.45, 7) is 2.08. The lowest BCUT2D eigenvalue weighted by atomic mass is 9.93. The van der Waals surface area contributed by atoms with Gasteiger partial charge in [0.15, 0.2) is 4.80 Å². The van der Waals surface area contributed by atoms with E-state index >= 15 is 0 Å². The maximum Gasteiger partial charge on any atom is 0.338 e. The van der Waals surface area contributed by atoms with Crippen LogP contribution in [0.25, 0.3) is 11.8 Å². The molecule has 1 atom stereocenters. The summed E-state index contributed by atoms with van der Waals surface area (Å²) >= 11 is 4.77. The van der Waals surface area contributed by atoms with Crippen LogP contribution in [0.5, 0.6) is 11.5 Å². The Balaban J connectivity index is 1.74. The van der Waals surface area contributed by atoms with Crippen LogP contribution >= 0.6 is 27.3 Å². The molecule has 0 saturated carbocycles. The molecule has 4 aromatic rings. The Labute approximate surface area is 249 Å². The van der Waals surface area contributed by atoms with Crippen LogP contribution in [0.4, 0.5) is 0 Å². The Hall–Kier alpha value is -4.39. The molecule has 1 aliphatic heterocycles. The molecule has 0 N–H and O–H groups in total. The zero-order valence-electron chi connectivity index (χ0n) is 22.3. The topological polar surface area (TPSA) is 79.1 Å². The van der Waals surface area contributed by atoms with Crippen LogP contribution in [0.1, 0.15) is 29.7 Å². The average molecular weight is 630 g/mol. The number of carbonyl (C=O) groups is 1. The first kappa shape index (κ1) is 28.1. The lowest BCUT2D eigenvalue weighted by Gasteiger charge is -2.26. The van der Waals surface area contributed by atoms with E-state index < -0.39 is 12.0 Å². The Morgan fingerprint density at radius 2 is 1.90 bits per heavy atom. The zero-order valence-corrected chi connectivity index (χ0v) is 24.7. The second-order valence-corrected chi connectivity index (χ2v) is 10.8. The summed E-state index contributed by atoms with van der Waals surface area (Å²) in [5.41, 5.74) is 2.74. The molecular formula is C32H25BrN2O5S. The maximum absolute atomic E-state index is 14.0. The highest BCUT2D eigenvalue weighted by molar-refractivity contribution is 9.10. The molecule has 206 valence electrons. The highest BCUT2D eigenvalue weighted by Gasteiger charge is 2.35. The second kappa shape index (κ2) is 12.4. The summed E-state index contributed by atoms with van der Waals surface area (Å²) in [7, 11) is 1.58. The van der Waals surface area contributed by atoms with Crippen molar-refractivity contribution in [2.45, 2.75) is 13.0 Å². The van der Waals surface area contributed by atoms with E-state index in [0.29, 0.717) is 36.6 Å². The molecule has 0 radical (unpaired) electrons. The molecule has 7 nitrogen and oxygen atoms in total. The van der Waals surface area contributed by atoms with Crippen LogP contribution in [0.15, 0.2) is 92.6 Å². The third kappa shape index (κ3) is 5.75. The van der Waals surface area contributed by atoms with E-state index in [-0.39, 0.29) is 18.8 Å². The third-order valence-electron chi connectivity index (χ3n) is 6.37. The van der Waals surface area contributed by atoms with Crippen molar-refractivity contribution in [2.24, 2.45) is 4.99 Å². The Bertz CT molecular complexity index is 1850. The molecule has 3 aromatic carbocycles. The molecule has 0 bridgehead atoms. The summed E-state index contributed by atoms with van der Waals surface area (Å²) in [6.07, 6.45) is 7.10. The van der Waals surface area contributed by atoms with Crippen molar-refractivity contribution in [2.75, 3.05) is 20.3 Å². The average Bonchev–Trinajstić information content (AvgIpc) is 3.30. The lowest BCUT2D eigenvalue weighted by molar-refractivity contribution is -0.138. The van der Waals surface area contributed by atoms with Gasteiger partial charge in [0, 0.05) is 5.56 Å². The summed E-state index contributed by atoms with van der Waals surface area (Å²) < 4.78 is 19.1. The van der Waals surface area contributed by atoms with Gasteiger partial charge in [0.05, 0.1) is 40.0 Å². The van der Waals surface area contributed by atoms with E-state index in [1.54, 1.807) is 42.9 Å². The molecular weight excluding hydrogens is 604 g/mol. The number of fused-ring (bicyclic) bond motifs is 1. The molecule has 0 spiro atoms. The molecule has 1 aliphatic rings. The fourth-order valence-electron chi connectivity index (χ4n) is 4.54. The number of ether oxygens (including phenoxy) is 3. The number of benzene rings is 3. The lowest BCUT2D eigenvalue weighted by Crippen LogP contribution is -2.40. The Morgan fingerprint density at radius 1 is 1.15 bits per heavy atom. The summed E-state index contributed by atoms with van der Waals surface area (Å²) in [5, 5.41) is 0. The highest BCUT2D eigenvalue weighted by atomic mass is 79.9. The molecule has 2 heterocycles. The first-order valence-electron chi connectivity index (χ1n) is 12.7. The van der Waals surface area contributed by atoms with E-state index in [0.717, 1.165) is 16.7 Å². The maximum atomic E-state index is 14.0. The summed E-state index contributed by atoms with van der Waals surface area (Å²) in [6, 6.07) is 21.5. The van der Waals surface area contributed by atoms with Gasteiger partial charge in [-0.1, -0.05) is 65.8 Å². The quantitative estimate of drug-likeness (QED) is 0.208. The fraction of sp³-hybridized carbons (Fsp3) is 0.156. The van der Waals surface area contributed by atoms with Crippen LogP contribution < -0.4 is 24.4 Å². The van der Waals surface area contributed by atoms with Crippen LogP contribution in [0, 0.1) is 12.3 Å². The van der Waals surface area contributed by atoms with Gasteiger partial charge in [-0.2, -0.15) is 0 Å². The SMILES string of the molecule is C#CCOc1ccc(/C=c2\sc3n(c2=O)[C@H](c2ccc(OC)cc2)C(C(=O)OCC)=C(c2ccccc2)N=3)cc1Br. The van der Waals surface area contributed by atoms with E-state index in [1.165, 1.54) is 11.3 Å². The van der Waals surface area contributed by atoms with Gasteiger partial charge in [0.25, 0.3) is 5.56 Å². The molecule has 5 rings (SSSR count). The predicted octanol–water partition coefficient (Wildman–Crippen LogP) is 4.72. The molecule has 0 unspecified atom stereocenters. The van der Waals surface area contributed by atoms with Gasteiger partial charge < -0.3 is 14.2 Å². The van der Waals surface area contributed by atoms with Gasteiger partial charge >= 0.3 is 5.97 Å².